The molecule has 0 saturated heterocycles. The molecule has 7 nitrogen and oxygen atoms in total. The summed E-state index contributed by atoms with van der Waals surface area (Å²) in [7, 11) is 0. The van der Waals surface area contributed by atoms with Crippen molar-refractivity contribution in [3.8, 4) is 0 Å². The number of aliphatic imine (C=N–C) groups is 1. The number of carbonyl (C=O) groups is 2. The first-order chi connectivity index (χ1) is 10.9. The Hall–Kier alpha value is -2.57. The number of amides is 2. The van der Waals surface area contributed by atoms with Gasteiger partial charge in [0.2, 0.25) is 5.96 Å². The van der Waals surface area contributed by atoms with Gasteiger partial charge in [-0.05, 0) is 59.7 Å². The van der Waals surface area contributed by atoms with Crippen LogP contribution in [-0.2, 0) is 9.47 Å². The zero-order valence-electron chi connectivity index (χ0n) is 14.9. The van der Waals surface area contributed by atoms with E-state index in [1.165, 1.54) is 0 Å². The molecule has 24 heavy (non-hydrogen) atoms. The van der Waals surface area contributed by atoms with Crippen molar-refractivity contribution in [1.29, 1.82) is 0 Å². The Kier molecular flexibility index (Phi) is 6.34. The van der Waals surface area contributed by atoms with Crippen LogP contribution in [0.15, 0.2) is 29.3 Å². The van der Waals surface area contributed by atoms with E-state index in [0.717, 1.165) is 0 Å². The molecule has 0 spiro atoms. The fraction of sp³-hybridized carbons (Fsp3) is 0.471. The largest absolute Gasteiger partial charge is 0.444 e. The lowest BCUT2D eigenvalue weighted by Crippen LogP contribution is -2.40. The second-order valence-corrected chi connectivity index (χ2v) is 6.98. The average molecular weight is 334 g/mol. The van der Waals surface area contributed by atoms with Gasteiger partial charge < -0.3 is 14.8 Å². The molecule has 1 aromatic carbocycles. The maximum atomic E-state index is 11.9. The van der Waals surface area contributed by atoms with Crippen LogP contribution in [0.2, 0.25) is 0 Å². The summed E-state index contributed by atoms with van der Waals surface area (Å²) < 4.78 is 10.3. The van der Waals surface area contributed by atoms with Gasteiger partial charge in [-0.1, -0.05) is 12.1 Å². The fourth-order valence-corrected chi connectivity index (χ4v) is 1.47. The third-order valence-corrected chi connectivity index (χ3v) is 2.20. The molecule has 131 valence electrons. The zero-order chi connectivity index (χ0) is 18.4. The Balaban J connectivity index is 2.90. The summed E-state index contributed by atoms with van der Waals surface area (Å²) in [6.45, 7) is 10.4. The van der Waals surface area contributed by atoms with Crippen molar-refractivity contribution < 1.29 is 19.1 Å². The highest BCUT2D eigenvalue weighted by Crippen LogP contribution is 2.10. The molecule has 1 rings (SSSR count). The van der Waals surface area contributed by atoms with Crippen molar-refractivity contribution in [3.05, 3.63) is 30.3 Å². The molecule has 0 aliphatic carbocycles. The van der Waals surface area contributed by atoms with Gasteiger partial charge in [0.1, 0.15) is 11.2 Å². The van der Waals surface area contributed by atoms with Crippen molar-refractivity contribution >= 4 is 23.8 Å². The van der Waals surface area contributed by atoms with Crippen LogP contribution in [0.1, 0.15) is 41.5 Å². The summed E-state index contributed by atoms with van der Waals surface area (Å²) in [5, 5.41) is 5.23. The van der Waals surface area contributed by atoms with Gasteiger partial charge in [0.25, 0.3) is 0 Å². The Labute approximate surface area is 142 Å². The van der Waals surface area contributed by atoms with Crippen LogP contribution < -0.4 is 10.6 Å². The van der Waals surface area contributed by atoms with E-state index in [4.69, 9.17) is 9.47 Å². The summed E-state index contributed by atoms with van der Waals surface area (Å²) in [5.41, 5.74) is -0.755. The lowest BCUT2D eigenvalue weighted by Gasteiger charge is -2.21. The molecule has 0 aliphatic rings. The minimum atomic E-state index is -0.830. The van der Waals surface area contributed by atoms with E-state index in [2.05, 4.69) is 21.7 Å². The zero-order valence-corrected chi connectivity index (χ0v) is 14.9. The third kappa shape index (κ3) is 8.77. The van der Waals surface area contributed by atoms with Crippen molar-refractivity contribution in [2.75, 3.05) is 5.32 Å². The molecule has 0 aromatic heterocycles. The number of anilines is 1. The molecule has 1 radical (unpaired) electrons. The van der Waals surface area contributed by atoms with Gasteiger partial charge in [-0.15, -0.1) is 4.99 Å². The Morgan fingerprint density at radius 3 is 2.04 bits per heavy atom. The molecule has 7 heteroatoms. The number of benzene rings is 1. The first-order valence-corrected chi connectivity index (χ1v) is 7.49. The van der Waals surface area contributed by atoms with E-state index in [1.807, 2.05) is 0 Å². The number of alkyl carbamates (subject to hydrolysis) is 1. The number of guanidine groups is 1. The molecule has 0 bridgehead atoms. The fourth-order valence-electron chi connectivity index (χ4n) is 1.47. The third-order valence-electron chi connectivity index (χ3n) is 2.20. The average Bonchev–Trinajstić information content (AvgIpc) is 2.34. The highest BCUT2D eigenvalue weighted by molar-refractivity contribution is 6.06. The number of hydrogen-bond acceptors (Lipinski definition) is 4. The quantitative estimate of drug-likeness (QED) is 0.603. The molecular formula is C17H24N3O4. The number of nitrogens with one attached hydrogen (secondary N) is 2. The van der Waals surface area contributed by atoms with E-state index in [0.29, 0.717) is 5.69 Å². The minimum absolute atomic E-state index is 0.0929. The van der Waals surface area contributed by atoms with Crippen LogP contribution in [-0.4, -0.2) is 29.3 Å². The molecule has 1 aromatic rings. The van der Waals surface area contributed by atoms with Crippen LogP contribution in [0.5, 0.6) is 0 Å². The second kappa shape index (κ2) is 7.81. The summed E-state index contributed by atoms with van der Waals surface area (Å²) in [5.74, 6) is -0.0929. The molecule has 2 N–H and O–H groups in total. The van der Waals surface area contributed by atoms with E-state index in [-0.39, 0.29) is 5.96 Å². The lowest BCUT2D eigenvalue weighted by molar-refractivity contribution is 0.0562. The number of carbonyl (C=O) groups excluding carboxylic acids is 2. The van der Waals surface area contributed by atoms with Crippen molar-refractivity contribution in [2.24, 2.45) is 4.99 Å². The van der Waals surface area contributed by atoms with Gasteiger partial charge in [0.15, 0.2) is 0 Å². The molecule has 0 aliphatic heterocycles. The summed E-state index contributed by atoms with van der Waals surface area (Å²) >= 11 is 0. The lowest BCUT2D eigenvalue weighted by atomic mass is 10.2. The SMILES string of the molecule is CC(C)(C)OC(=O)N=C(NC(=O)OC(C)(C)C)Nc1cc[c]cc1. The smallest absolute Gasteiger partial charge is 0.437 e. The van der Waals surface area contributed by atoms with Crippen molar-refractivity contribution in [2.45, 2.75) is 52.7 Å². The number of ether oxygens (including phenoxy) is 2. The van der Waals surface area contributed by atoms with Crippen LogP contribution >= 0.6 is 0 Å². The van der Waals surface area contributed by atoms with Crippen molar-refractivity contribution in [1.82, 2.24) is 5.32 Å². The summed E-state index contributed by atoms with van der Waals surface area (Å²) in [4.78, 5) is 27.5. The van der Waals surface area contributed by atoms with E-state index >= 15 is 0 Å². The monoisotopic (exact) mass is 334 g/mol. The molecule has 2 amide bonds. The molecule has 0 atom stereocenters. The maximum Gasteiger partial charge on any atom is 0.437 e. The Bertz CT molecular complexity index is 599. The van der Waals surface area contributed by atoms with Crippen LogP contribution in [0.25, 0.3) is 0 Å². The van der Waals surface area contributed by atoms with Gasteiger partial charge in [-0.25, -0.2) is 9.59 Å². The maximum absolute atomic E-state index is 11.9. The molecule has 0 saturated carbocycles. The first-order valence-electron chi connectivity index (χ1n) is 7.49. The number of hydrogen-bond donors (Lipinski definition) is 2. The Morgan fingerprint density at radius 1 is 1.00 bits per heavy atom. The summed E-state index contributed by atoms with van der Waals surface area (Å²) in [6, 6.07) is 9.65. The van der Waals surface area contributed by atoms with Gasteiger partial charge in [0.05, 0.1) is 0 Å². The van der Waals surface area contributed by atoms with Crippen LogP contribution in [0.3, 0.4) is 0 Å². The van der Waals surface area contributed by atoms with E-state index in [1.54, 1.807) is 65.8 Å². The van der Waals surface area contributed by atoms with Crippen molar-refractivity contribution in [3.63, 3.8) is 0 Å². The van der Waals surface area contributed by atoms with E-state index in [9.17, 15) is 9.59 Å². The standard InChI is InChI=1S/C17H24N3O4/c1-16(2,3)23-14(21)19-13(18-12-10-8-7-9-11-12)20-15(22)24-17(4,5)6/h8-11H,1-6H3,(H2,18,19,20,21,22). The molecular weight excluding hydrogens is 310 g/mol. The summed E-state index contributed by atoms with van der Waals surface area (Å²) in [6.07, 6.45) is -1.57. The molecule has 0 fully saturated rings. The minimum Gasteiger partial charge on any atom is -0.444 e. The Morgan fingerprint density at radius 2 is 1.54 bits per heavy atom. The molecule has 0 heterocycles. The van der Waals surface area contributed by atoms with Gasteiger partial charge in [0, 0.05) is 5.69 Å². The number of nitrogens with zero attached hydrogens (tertiary/aromatic N) is 1. The van der Waals surface area contributed by atoms with Gasteiger partial charge >= 0.3 is 12.2 Å². The normalized spacial score (nSPS) is 12.3. The highest BCUT2D eigenvalue weighted by Gasteiger charge is 2.20. The predicted molar refractivity (Wildman–Crippen MR) is 91.9 cm³/mol. The first kappa shape index (κ1) is 19.5. The predicted octanol–water partition coefficient (Wildman–Crippen LogP) is 3.71. The second-order valence-electron chi connectivity index (χ2n) is 6.98. The van der Waals surface area contributed by atoms with Crippen LogP contribution in [0, 0.1) is 6.07 Å². The molecule has 0 unspecified atom stereocenters. The van der Waals surface area contributed by atoms with E-state index < -0.39 is 23.4 Å². The van der Waals surface area contributed by atoms with Gasteiger partial charge in [-0.3, -0.25) is 5.32 Å². The number of rotatable bonds is 1. The van der Waals surface area contributed by atoms with Crippen LogP contribution in [0.4, 0.5) is 15.3 Å². The van der Waals surface area contributed by atoms with Gasteiger partial charge in [-0.2, -0.15) is 0 Å². The highest BCUT2D eigenvalue weighted by atomic mass is 16.6. The topological polar surface area (TPSA) is 89.0 Å².